The van der Waals surface area contributed by atoms with Gasteiger partial charge in [-0.1, -0.05) is 19.8 Å². The highest BCUT2D eigenvalue weighted by atomic mass is 17.1. The molecular formula is C10H18O3. The molecule has 0 bridgehead atoms. The van der Waals surface area contributed by atoms with Crippen molar-refractivity contribution in [1.29, 1.82) is 0 Å². The number of hydrogen-bond donors (Lipinski definition) is 1. The highest BCUT2D eigenvalue weighted by molar-refractivity contribution is 5.80. The van der Waals surface area contributed by atoms with Gasteiger partial charge in [-0.3, -0.25) is 10.1 Å². The third kappa shape index (κ3) is 2.78. The number of rotatable bonds is 4. The fraction of sp³-hybridized carbons (Fsp3) is 0.900. The monoisotopic (exact) mass is 186 g/mol. The molecule has 1 atom stereocenters. The van der Waals surface area contributed by atoms with Crippen LogP contribution in [0.2, 0.25) is 0 Å². The molecule has 1 fully saturated rings. The van der Waals surface area contributed by atoms with Gasteiger partial charge in [0.25, 0.3) is 0 Å². The quantitative estimate of drug-likeness (QED) is 0.542. The Labute approximate surface area is 79.0 Å². The highest BCUT2D eigenvalue weighted by Crippen LogP contribution is 2.33. The zero-order valence-electron chi connectivity index (χ0n) is 8.21. The molecule has 1 saturated carbocycles. The molecule has 0 aliphatic heterocycles. The van der Waals surface area contributed by atoms with E-state index in [9.17, 15) is 4.79 Å². The van der Waals surface area contributed by atoms with E-state index in [4.69, 9.17) is 5.26 Å². The fourth-order valence-electron chi connectivity index (χ4n) is 1.98. The Morgan fingerprint density at radius 3 is 2.92 bits per heavy atom. The van der Waals surface area contributed by atoms with Gasteiger partial charge in [0, 0.05) is 12.8 Å². The molecule has 0 spiro atoms. The Morgan fingerprint density at radius 1 is 1.62 bits per heavy atom. The first-order valence-corrected chi connectivity index (χ1v) is 5.07. The lowest BCUT2D eigenvalue weighted by Gasteiger charge is -2.32. The molecule has 1 rings (SSSR count). The van der Waals surface area contributed by atoms with Gasteiger partial charge in [-0.15, -0.1) is 0 Å². The summed E-state index contributed by atoms with van der Waals surface area (Å²) in [5, 5.41) is 8.83. The fourth-order valence-corrected chi connectivity index (χ4v) is 1.98. The van der Waals surface area contributed by atoms with Crippen molar-refractivity contribution in [1.82, 2.24) is 0 Å². The SMILES string of the molecule is CCCCC1(OO)CCCC(=O)C1. The Balaban J connectivity index is 2.51. The standard InChI is InChI=1S/C10H18O3/c1-2-3-6-10(13-12)7-4-5-9(11)8-10/h12H,2-8H2,1H3. The second kappa shape index (κ2) is 4.72. The van der Waals surface area contributed by atoms with Crippen molar-refractivity contribution in [2.75, 3.05) is 0 Å². The van der Waals surface area contributed by atoms with E-state index in [1.165, 1.54) is 0 Å². The first-order valence-electron chi connectivity index (χ1n) is 5.07. The Morgan fingerprint density at radius 2 is 2.38 bits per heavy atom. The van der Waals surface area contributed by atoms with E-state index in [1.807, 2.05) is 0 Å². The second-order valence-electron chi connectivity index (χ2n) is 3.95. The normalized spacial score (nSPS) is 29.2. The van der Waals surface area contributed by atoms with Crippen LogP contribution in [0.4, 0.5) is 0 Å². The molecule has 0 aromatic rings. The number of hydrogen-bond acceptors (Lipinski definition) is 3. The van der Waals surface area contributed by atoms with Crippen molar-refractivity contribution < 1.29 is 14.9 Å². The maximum absolute atomic E-state index is 11.2. The lowest BCUT2D eigenvalue weighted by atomic mass is 9.81. The molecule has 0 heterocycles. The van der Waals surface area contributed by atoms with Crippen LogP contribution in [0.15, 0.2) is 0 Å². The topological polar surface area (TPSA) is 46.5 Å². The molecule has 0 saturated heterocycles. The summed E-state index contributed by atoms with van der Waals surface area (Å²) in [4.78, 5) is 15.7. The summed E-state index contributed by atoms with van der Waals surface area (Å²) in [5.74, 6) is 0.219. The molecule has 0 aromatic heterocycles. The summed E-state index contributed by atoms with van der Waals surface area (Å²) in [5.41, 5.74) is -0.550. The second-order valence-corrected chi connectivity index (χ2v) is 3.95. The van der Waals surface area contributed by atoms with Gasteiger partial charge in [-0.2, -0.15) is 0 Å². The average Bonchev–Trinajstić information content (AvgIpc) is 2.15. The van der Waals surface area contributed by atoms with Gasteiger partial charge in [0.2, 0.25) is 0 Å². The van der Waals surface area contributed by atoms with Crippen LogP contribution in [-0.4, -0.2) is 16.6 Å². The van der Waals surface area contributed by atoms with Crippen molar-refractivity contribution in [2.45, 2.75) is 57.5 Å². The van der Waals surface area contributed by atoms with Gasteiger partial charge >= 0.3 is 0 Å². The van der Waals surface area contributed by atoms with Crippen molar-refractivity contribution in [3.05, 3.63) is 0 Å². The molecule has 76 valence electrons. The number of carbonyl (C=O) groups excluding carboxylic acids is 1. The minimum atomic E-state index is -0.550. The lowest BCUT2D eigenvalue weighted by molar-refractivity contribution is -0.329. The first kappa shape index (κ1) is 10.7. The van der Waals surface area contributed by atoms with Crippen LogP contribution < -0.4 is 0 Å². The van der Waals surface area contributed by atoms with Gasteiger partial charge in [0.05, 0.1) is 0 Å². The summed E-state index contributed by atoms with van der Waals surface area (Å²) < 4.78 is 0. The highest BCUT2D eigenvalue weighted by Gasteiger charge is 2.36. The van der Waals surface area contributed by atoms with Gasteiger partial charge in [0.15, 0.2) is 0 Å². The molecule has 1 unspecified atom stereocenters. The largest absolute Gasteiger partial charge is 0.300 e. The van der Waals surface area contributed by atoms with Crippen molar-refractivity contribution in [3.63, 3.8) is 0 Å². The first-order chi connectivity index (χ1) is 6.22. The predicted molar refractivity (Wildman–Crippen MR) is 49.4 cm³/mol. The molecule has 0 amide bonds. The third-order valence-corrected chi connectivity index (χ3v) is 2.79. The molecule has 13 heavy (non-hydrogen) atoms. The Kier molecular flexibility index (Phi) is 3.88. The molecule has 3 nitrogen and oxygen atoms in total. The summed E-state index contributed by atoms with van der Waals surface area (Å²) in [6, 6.07) is 0. The van der Waals surface area contributed by atoms with Crippen LogP contribution in [0.5, 0.6) is 0 Å². The van der Waals surface area contributed by atoms with Crippen LogP contribution in [0.1, 0.15) is 51.9 Å². The smallest absolute Gasteiger partial charge is 0.135 e. The molecule has 3 heteroatoms. The Hall–Kier alpha value is -0.410. The predicted octanol–water partition coefficient (Wildman–Crippen LogP) is 2.55. The molecule has 1 aliphatic carbocycles. The summed E-state index contributed by atoms with van der Waals surface area (Å²) in [6.45, 7) is 2.09. The maximum Gasteiger partial charge on any atom is 0.135 e. The zero-order valence-corrected chi connectivity index (χ0v) is 8.21. The van der Waals surface area contributed by atoms with Crippen LogP contribution in [0.25, 0.3) is 0 Å². The van der Waals surface area contributed by atoms with E-state index in [0.29, 0.717) is 12.8 Å². The minimum absolute atomic E-state index is 0.219. The summed E-state index contributed by atoms with van der Waals surface area (Å²) in [6.07, 6.45) is 5.58. The molecule has 1 N–H and O–H groups in total. The van der Waals surface area contributed by atoms with E-state index in [2.05, 4.69) is 11.8 Å². The minimum Gasteiger partial charge on any atom is -0.300 e. The van der Waals surface area contributed by atoms with Crippen LogP contribution in [-0.2, 0) is 9.68 Å². The van der Waals surface area contributed by atoms with E-state index < -0.39 is 5.60 Å². The third-order valence-electron chi connectivity index (χ3n) is 2.79. The summed E-state index contributed by atoms with van der Waals surface area (Å²) >= 11 is 0. The number of ketones is 1. The molecular weight excluding hydrogens is 168 g/mol. The molecule has 1 aliphatic rings. The zero-order chi connectivity index (χ0) is 9.73. The van der Waals surface area contributed by atoms with Gasteiger partial charge in [-0.25, -0.2) is 4.89 Å². The average molecular weight is 186 g/mol. The molecule has 0 aromatic carbocycles. The lowest BCUT2D eigenvalue weighted by Crippen LogP contribution is -2.37. The van der Waals surface area contributed by atoms with E-state index in [1.54, 1.807) is 0 Å². The number of carbonyl (C=O) groups is 1. The van der Waals surface area contributed by atoms with Gasteiger partial charge in [-0.05, 0) is 19.3 Å². The van der Waals surface area contributed by atoms with Crippen molar-refractivity contribution in [3.8, 4) is 0 Å². The van der Waals surface area contributed by atoms with Crippen molar-refractivity contribution in [2.24, 2.45) is 0 Å². The number of Topliss-reactive ketones (excluding diaryl/α,β-unsaturated/α-hetero) is 1. The maximum atomic E-state index is 11.2. The van der Waals surface area contributed by atoms with E-state index in [-0.39, 0.29) is 5.78 Å². The van der Waals surface area contributed by atoms with Gasteiger partial charge < -0.3 is 0 Å². The molecule has 0 radical (unpaired) electrons. The van der Waals surface area contributed by atoms with Crippen LogP contribution in [0.3, 0.4) is 0 Å². The van der Waals surface area contributed by atoms with Crippen LogP contribution in [0, 0.1) is 0 Å². The Bertz CT molecular complexity index is 179. The van der Waals surface area contributed by atoms with Crippen molar-refractivity contribution >= 4 is 5.78 Å². The van der Waals surface area contributed by atoms with E-state index in [0.717, 1.165) is 32.1 Å². The van der Waals surface area contributed by atoms with Crippen LogP contribution >= 0.6 is 0 Å². The van der Waals surface area contributed by atoms with Gasteiger partial charge in [0.1, 0.15) is 11.4 Å². The number of unbranched alkanes of at least 4 members (excludes halogenated alkanes) is 1. The van der Waals surface area contributed by atoms with E-state index >= 15 is 0 Å². The summed E-state index contributed by atoms with van der Waals surface area (Å²) in [7, 11) is 0.